The maximum Gasteiger partial charge on any atom is 0.221 e. The molecular formula is C13H26N2O2. The molecule has 1 fully saturated rings. The molecule has 0 aliphatic heterocycles. The van der Waals surface area contributed by atoms with E-state index in [2.05, 4.69) is 5.32 Å². The lowest BCUT2D eigenvalue weighted by Gasteiger charge is -2.32. The average Bonchev–Trinajstić information content (AvgIpc) is 2.24. The van der Waals surface area contributed by atoms with Crippen LogP contribution in [0.1, 0.15) is 58.3 Å². The lowest BCUT2D eigenvalue weighted by Crippen LogP contribution is -2.46. The summed E-state index contributed by atoms with van der Waals surface area (Å²) in [5.74, 6) is 0.0555. The Labute approximate surface area is 104 Å². The van der Waals surface area contributed by atoms with Crippen LogP contribution in [0.3, 0.4) is 0 Å². The molecule has 1 aliphatic carbocycles. The number of hydrogen-bond acceptors (Lipinski definition) is 3. The molecule has 17 heavy (non-hydrogen) atoms. The highest BCUT2D eigenvalue weighted by atomic mass is 16.3. The van der Waals surface area contributed by atoms with Gasteiger partial charge in [0.05, 0.1) is 6.10 Å². The summed E-state index contributed by atoms with van der Waals surface area (Å²) in [7, 11) is 0. The Morgan fingerprint density at radius 2 is 2.06 bits per heavy atom. The van der Waals surface area contributed by atoms with E-state index in [1.54, 1.807) is 6.92 Å². The molecule has 1 saturated carbocycles. The van der Waals surface area contributed by atoms with E-state index in [4.69, 9.17) is 10.8 Å². The predicted octanol–water partition coefficient (Wildman–Crippen LogP) is 1.32. The van der Waals surface area contributed by atoms with E-state index in [0.29, 0.717) is 13.0 Å². The number of hydrogen-bond donors (Lipinski definition) is 3. The molecule has 1 atom stereocenters. The SMILES string of the molecule is CC(O)CCCNC(=O)CC1(N)CCCCC1. The van der Waals surface area contributed by atoms with Crippen molar-refractivity contribution in [3.05, 3.63) is 0 Å². The minimum Gasteiger partial charge on any atom is -0.393 e. The lowest BCUT2D eigenvalue weighted by molar-refractivity contribution is -0.122. The van der Waals surface area contributed by atoms with Gasteiger partial charge >= 0.3 is 0 Å². The third-order valence-corrected chi connectivity index (χ3v) is 3.48. The van der Waals surface area contributed by atoms with Gasteiger partial charge in [0.25, 0.3) is 0 Å². The smallest absolute Gasteiger partial charge is 0.221 e. The van der Waals surface area contributed by atoms with Gasteiger partial charge in [-0.05, 0) is 32.6 Å². The molecule has 0 spiro atoms. The second-order valence-corrected chi connectivity index (χ2v) is 5.44. The van der Waals surface area contributed by atoms with Crippen molar-refractivity contribution in [2.75, 3.05) is 6.54 Å². The molecular weight excluding hydrogens is 216 g/mol. The van der Waals surface area contributed by atoms with Crippen molar-refractivity contribution < 1.29 is 9.90 Å². The Hall–Kier alpha value is -0.610. The summed E-state index contributed by atoms with van der Waals surface area (Å²) in [6.45, 7) is 2.40. The van der Waals surface area contributed by atoms with Crippen LogP contribution in [0.4, 0.5) is 0 Å². The second-order valence-electron chi connectivity index (χ2n) is 5.44. The van der Waals surface area contributed by atoms with Crippen molar-refractivity contribution in [3.8, 4) is 0 Å². The van der Waals surface area contributed by atoms with Crippen LogP contribution in [0.5, 0.6) is 0 Å². The maximum absolute atomic E-state index is 11.7. The Kier molecular flexibility index (Phi) is 5.92. The van der Waals surface area contributed by atoms with Crippen molar-refractivity contribution in [1.82, 2.24) is 5.32 Å². The van der Waals surface area contributed by atoms with Crippen LogP contribution in [0.15, 0.2) is 0 Å². The van der Waals surface area contributed by atoms with Crippen LogP contribution in [0.2, 0.25) is 0 Å². The van der Waals surface area contributed by atoms with E-state index in [1.165, 1.54) is 6.42 Å². The molecule has 1 amide bonds. The van der Waals surface area contributed by atoms with Gasteiger partial charge in [-0.1, -0.05) is 19.3 Å². The van der Waals surface area contributed by atoms with E-state index in [0.717, 1.165) is 38.5 Å². The second kappa shape index (κ2) is 6.97. The first-order valence-electron chi connectivity index (χ1n) is 6.75. The van der Waals surface area contributed by atoms with Gasteiger partial charge in [0.2, 0.25) is 5.91 Å². The molecule has 0 radical (unpaired) electrons. The van der Waals surface area contributed by atoms with Crippen LogP contribution in [-0.2, 0) is 4.79 Å². The molecule has 1 rings (SSSR count). The number of aliphatic hydroxyl groups is 1. The van der Waals surface area contributed by atoms with Crippen molar-refractivity contribution in [2.24, 2.45) is 5.73 Å². The molecule has 0 aromatic heterocycles. The van der Waals surface area contributed by atoms with Crippen molar-refractivity contribution >= 4 is 5.91 Å². The quantitative estimate of drug-likeness (QED) is 0.615. The number of nitrogens with one attached hydrogen (secondary N) is 1. The van der Waals surface area contributed by atoms with Gasteiger partial charge < -0.3 is 16.2 Å². The molecule has 4 N–H and O–H groups in total. The van der Waals surface area contributed by atoms with Crippen LogP contribution >= 0.6 is 0 Å². The highest BCUT2D eigenvalue weighted by molar-refractivity contribution is 5.77. The number of carbonyl (C=O) groups excluding carboxylic acids is 1. The van der Waals surface area contributed by atoms with Gasteiger partial charge in [-0.2, -0.15) is 0 Å². The van der Waals surface area contributed by atoms with Crippen LogP contribution in [-0.4, -0.2) is 29.2 Å². The highest BCUT2D eigenvalue weighted by Crippen LogP contribution is 2.28. The fraction of sp³-hybridized carbons (Fsp3) is 0.923. The van der Waals surface area contributed by atoms with Crippen molar-refractivity contribution in [2.45, 2.75) is 69.9 Å². The van der Waals surface area contributed by atoms with E-state index in [9.17, 15) is 4.79 Å². The van der Waals surface area contributed by atoms with Crippen LogP contribution in [0, 0.1) is 0 Å². The molecule has 1 aliphatic rings. The standard InChI is InChI=1S/C13H26N2O2/c1-11(16)6-5-9-15-12(17)10-13(14)7-3-2-4-8-13/h11,16H,2-10,14H2,1H3,(H,15,17). The summed E-state index contributed by atoms with van der Waals surface area (Å²) < 4.78 is 0. The maximum atomic E-state index is 11.7. The third kappa shape index (κ3) is 6.03. The summed E-state index contributed by atoms with van der Waals surface area (Å²) in [6, 6.07) is 0. The van der Waals surface area contributed by atoms with Gasteiger partial charge in [0.15, 0.2) is 0 Å². The predicted molar refractivity (Wildman–Crippen MR) is 68.5 cm³/mol. The first kappa shape index (κ1) is 14.5. The topological polar surface area (TPSA) is 75.3 Å². The highest BCUT2D eigenvalue weighted by Gasteiger charge is 2.29. The summed E-state index contributed by atoms with van der Waals surface area (Å²) in [5, 5.41) is 12.0. The minimum atomic E-state index is -0.286. The van der Waals surface area contributed by atoms with E-state index >= 15 is 0 Å². The number of aliphatic hydroxyl groups excluding tert-OH is 1. The zero-order valence-corrected chi connectivity index (χ0v) is 10.9. The summed E-state index contributed by atoms with van der Waals surface area (Å²) in [6.07, 6.45) is 7.18. The van der Waals surface area contributed by atoms with Gasteiger partial charge in [0, 0.05) is 18.5 Å². The van der Waals surface area contributed by atoms with Gasteiger partial charge in [-0.25, -0.2) is 0 Å². The molecule has 4 heteroatoms. The fourth-order valence-corrected chi connectivity index (χ4v) is 2.44. The molecule has 1 unspecified atom stereocenters. The van der Waals surface area contributed by atoms with E-state index in [-0.39, 0.29) is 17.6 Å². The van der Waals surface area contributed by atoms with Crippen molar-refractivity contribution in [1.29, 1.82) is 0 Å². The zero-order chi connectivity index (χ0) is 12.7. The van der Waals surface area contributed by atoms with E-state index in [1.807, 2.05) is 0 Å². The summed E-state index contributed by atoms with van der Waals surface area (Å²) >= 11 is 0. The van der Waals surface area contributed by atoms with Gasteiger partial charge in [0.1, 0.15) is 0 Å². The first-order chi connectivity index (χ1) is 8.02. The molecule has 0 aromatic rings. The lowest BCUT2D eigenvalue weighted by atomic mass is 9.80. The monoisotopic (exact) mass is 242 g/mol. The van der Waals surface area contributed by atoms with Crippen LogP contribution in [0.25, 0.3) is 0 Å². The third-order valence-electron chi connectivity index (χ3n) is 3.48. The fourth-order valence-electron chi connectivity index (χ4n) is 2.44. The van der Waals surface area contributed by atoms with Gasteiger partial charge in [-0.3, -0.25) is 4.79 Å². The van der Waals surface area contributed by atoms with E-state index < -0.39 is 0 Å². The first-order valence-corrected chi connectivity index (χ1v) is 6.75. The average molecular weight is 242 g/mol. The summed E-state index contributed by atoms with van der Waals surface area (Å²) in [5.41, 5.74) is 5.94. The summed E-state index contributed by atoms with van der Waals surface area (Å²) in [4.78, 5) is 11.7. The van der Waals surface area contributed by atoms with Gasteiger partial charge in [-0.15, -0.1) is 0 Å². The molecule has 100 valence electrons. The Balaban J connectivity index is 2.15. The molecule has 4 nitrogen and oxygen atoms in total. The number of rotatable bonds is 6. The van der Waals surface area contributed by atoms with Crippen molar-refractivity contribution in [3.63, 3.8) is 0 Å². The minimum absolute atomic E-state index is 0.0555. The largest absolute Gasteiger partial charge is 0.393 e. The zero-order valence-electron chi connectivity index (χ0n) is 10.9. The number of amides is 1. The molecule has 0 saturated heterocycles. The molecule has 0 bridgehead atoms. The molecule has 0 heterocycles. The Bertz CT molecular complexity index is 236. The Morgan fingerprint density at radius 3 is 2.65 bits per heavy atom. The Morgan fingerprint density at radius 1 is 1.41 bits per heavy atom. The number of carbonyl (C=O) groups is 1. The number of nitrogens with two attached hydrogens (primary N) is 1. The van der Waals surface area contributed by atoms with Crippen LogP contribution < -0.4 is 11.1 Å². The normalized spacial score (nSPS) is 20.9. The molecule has 0 aromatic carbocycles.